The van der Waals surface area contributed by atoms with E-state index in [0.29, 0.717) is 6.42 Å². The van der Waals surface area contributed by atoms with Crippen LogP contribution in [0.25, 0.3) is 0 Å². The van der Waals surface area contributed by atoms with E-state index in [2.05, 4.69) is 0 Å². The van der Waals surface area contributed by atoms with Crippen LogP contribution in [0.15, 0.2) is 18.2 Å². The van der Waals surface area contributed by atoms with Crippen LogP contribution in [0.3, 0.4) is 0 Å². The van der Waals surface area contributed by atoms with E-state index in [1.54, 1.807) is 0 Å². The summed E-state index contributed by atoms with van der Waals surface area (Å²) in [6.45, 7) is 1.82. The Morgan fingerprint density at radius 3 is 2.40 bits per heavy atom. The van der Waals surface area contributed by atoms with Crippen LogP contribution < -0.4 is 5.73 Å². The molecule has 1 atom stereocenters. The fourth-order valence-corrected chi connectivity index (χ4v) is 1.25. The molecule has 15 heavy (non-hydrogen) atoms. The molecule has 0 saturated heterocycles. The number of ketones is 1. The average Bonchev–Trinajstić information content (AvgIpc) is 2.17. The molecule has 0 amide bonds. The van der Waals surface area contributed by atoms with Gasteiger partial charge in [-0.2, -0.15) is 0 Å². The Morgan fingerprint density at radius 2 is 1.93 bits per heavy atom. The number of hydrogen-bond acceptors (Lipinski definition) is 2. The fourth-order valence-electron chi connectivity index (χ4n) is 1.25. The molecule has 0 saturated carbocycles. The van der Waals surface area contributed by atoms with Crippen molar-refractivity contribution in [3.63, 3.8) is 0 Å². The molecule has 1 aromatic carbocycles. The summed E-state index contributed by atoms with van der Waals surface area (Å²) in [5.74, 6) is -2.24. The van der Waals surface area contributed by atoms with Crippen LogP contribution in [0.4, 0.5) is 8.78 Å². The minimum atomic E-state index is -0.830. The van der Waals surface area contributed by atoms with Gasteiger partial charge in [-0.25, -0.2) is 8.78 Å². The van der Waals surface area contributed by atoms with Crippen molar-refractivity contribution in [2.45, 2.75) is 25.8 Å². The second kappa shape index (κ2) is 4.98. The largest absolute Gasteiger partial charge is 0.327 e. The predicted octanol–water partition coefficient (Wildman–Crippen LogP) is 2.27. The quantitative estimate of drug-likeness (QED) is 0.779. The third kappa shape index (κ3) is 2.83. The van der Waals surface area contributed by atoms with Gasteiger partial charge in [0.1, 0.15) is 11.6 Å². The molecule has 2 nitrogen and oxygen atoms in total. The highest BCUT2D eigenvalue weighted by Gasteiger charge is 2.18. The van der Waals surface area contributed by atoms with Gasteiger partial charge in [0.05, 0.1) is 5.56 Å². The standard InChI is InChI=1S/C11H13F2NO/c1-2-7(14)6-10(15)11-8(12)4-3-5-9(11)13/h3-5,7H,2,6,14H2,1H3. The number of benzene rings is 1. The van der Waals surface area contributed by atoms with Gasteiger partial charge in [-0.1, -0.05) is 13.0 Å². The van der Waals surface area contributed by atoms with Gasteiger partial charge in [0.25, 0.3) is 0 Å². The van der Waals surface area contributed by atoms with Gasteiger partial charge >= 0.3 is 0 Å². The molecule has 0 aliphatic carbocycles. The molecule has 0 fully saturated rings. The van der Waals surface area contributed by atoms with Gasteiger partial charge in [0.15, 0.2) is 5.78 Å². The normalized spacial score (nSPS) is 12.5. The van der Waals surface area contributed by atoms with Crippen molar-refractivity contribution >= 4 is 5.78 Å². The van der Waals surface area contributed by atoms with Crippen molar-refractivity contribution in [1.82, 2.24) is 0 Å². The zero-order valence-electron chi connectivity index (χ0n) is 8.47. The summed E-state index contributed by atoms with van der Waals surface area (Å²) < 4.78 is 26.3. The molecule has 0 spiro atoms. The Hall–Kier alpha value is -1.29. The van der Waals surface area contributed by atoms with Crippen molar-refractivity contribution in [1.29, 1.82) is 0 Å². The van der Waals surface area contributed by atoms with E-state index in [0.717, 1.165) is 12.1 Å². The summed E-state index contributed by atoms with van der Waals surface area (Å²) in [6.07, 6.45) is 0.566. The summed E-state index contributed by atoms with van der Waals surface area (Å²) in [7, 11) is 0. The van der Waals surface area contributed by atoms with E-state index in [1.807, 2.05) is 6.92 Å². The van der Waals surface area contributed by atoms with Gasteiger partial charge in [-0.05, 0) is 18.6 Å². The minimum Gasteiger partial charge on any atom is -0.327 e. The topological polar surface area (TPSA) is 43.1 Å². The molecule has 0 heterocycles. The first-order chi connectivity index (χ1) is 7.06. The van der Waals surface area contributed by atoms with Crippen LogP contribution in [0.2, 0.25) is 0 Å². The molecule has 0 radical (unpaired) electrons. The lowest BCUT2D eigenvalue weighted by atomic mass is 10.0. The highest BCUT2D eigenvalue weighted by Crippen LogP contribution is 2.15. The van der Waals surface area contributed by atoms with Crippen molar-refractivity contribution in [2.24, 2.45) is 5.73 Å². The van der Waals surface area contributed by atoms with Gasteiger partial charge < -0.3 is 5.73 Å². The monoisotopic (exact) mass is 213 g/mol. The molecule has 0 aliphatic heterocycles. The third-order valence-corrected chi connectivity index (χ3v) is 2.21. The maximum absolute atomic E-state index is 13.2. The van der Waals surface area contributed by atoms with Gasteiger partial charge in [-0.15, -0.1) is 0 Å². The highest BCUT2D eigenvalue weighted by atomic mass is 19.1. The Balaban J connectivity index is 2.91. The summed E-state index contributed by atoms with van der Waals surface area (Å²) in [6, 6.07) is 3.00. The molecular formula is C11H13F2NO. The number of nitrogens with two attached hydrogens (primary N) is 1. The van der Waals surface area contributed by atoms with E-state index >= 15 is 0 Å². The second-order valence-electron chi connectivity index (χ2n) is 3.39. The summed E-state index contributed by atoms with van der Waals surface area (Å²) in [4.78, 5) is 11.5. The molecule has 0 aromatic heterocycles. The van der Waals surface area contributed by atoms with Crippen LogP contribution in [0.5, 0.6) is 0 Å². The van der Waals surface area contributed by atoms with Crippen molar-refractivity contribution in [2.75, 3.05) is 0 Å². The average molecular weight is 213 g/mol. The third-order valence-electron chi connectivity index (χ3n) is 2.21. The molecule has 1 unspecified atom stereocenters. The Labute approximate surface area is 87.1 Å². The molecule has 0 aliphatic rings. The first kappa shape index (κ1) is 11.8. The first-order valence-corrected chi connectivity index (χ1v) is 4.79. The SMILES string of the molecule is CCC(N)CC(=O)c1c(F)cccc1F. The number of rotatable bonds is 4. The smallest absolute Gasteiger partial charge is 0.170 e. The van der Waals surface area contributed by atoms with Crippen molar-refractivity contribution in [3.05, 3.63) is 35.4 Å². The first-order valence-electron chi connectivity index (χ1n) is 4.79. The van der Waals surface area contributed by atoms with E-state index in [-0.39, 0.29) is 12.5 Å². The number of Topliss-reactive ketones (excluding diaryl/α,β-unsaturated/α-hetero) is 1. The number of hydrogen-bond donors (Lipinski definition) is 1. The van der Waals surface area contributed by atoms with E-state index in [1.165, 1.54) is 6.07 Å². The number of carbonyl (C=O) groups excluding carboxylic acids is 1. The van der Waals surface area contributed by atoms with E-state index in [9.17, 15) is 13.6 Å². The predicted molar refractivity (Wildman–Crippen MR) is 53.6 cm³/mol. The van der Waals surface area contributed by atoms with Gasteiger partial charge in [0, 0.05) is 12.5 Å². The molecule has 2 N–H and O–H groups in total. The number of halogens is 2. The van der Waals surface area contributed by atoms with Crippen LogP contribution in [-0.4, -0.2) is 11.8 Å². The second-order valence-corrected chi connectivity index (χ2v) is 3.39. The molecule has 1 rings (SSSR count). The maximum atomic E-state index is 13.2. The zero-order valence-corrected chi connectivity index (χ0v) is 8.47. The molecule has 1 aromatic rings. The molecule has 4 heteroatoms. The summed E-state index contributed by atoms with van der Waals surface area (Å²) in [5, 5.41) is 0. The number of carbonyl (C=O) groups is 1. The summed E-state index contributed by atoms with van der Waals surface area (Å²) in [5.41, 5.74) is 5.06. The van der Waals surface area contributed by atoms with Crippen LogP contribution >= 0.6 is 0 Å². The van der Waals surface area contributed by atoms with Crippen molar-refractivity contribution in [3.8, 4) is 0 Å². The molecule has 82 valence electrons. The van der Waals surface area contributed by atoms with Gasteiger partial charge in [-0.3, -0.25) is 4.79 Å². The van der Waals surface area contributed by atoms with Crippen molar-refractivity contribution < 1.29 is 13.6 Å². The van der Waals surface area contributed by atoms with E-state index in [4.69, 9.17) is 5.73 Å². The Kier molecular flexibility index (Phi) is 3.91. The van der Waals surface area contributed by atoms with Crippen LogP contribution in [-0.2, 0) is 0 Å². The minimum absolute atomic E-state index is 0.0334. The Morgan fingerprint density at radius 1 is 1.40 bits per heavy atom. The maximum Gasteiger partial charge on any atom is 0.170 e. The lowest BCUT2D eigenvalue weighted by molar-refractivity contribution is 0.0965. The molecule has 0 bridgehead atoms. The van der Waals surface area contributed by atoms with Crippen LogP contribution in [0, 0.1) is 11.6 Å². The zero-order chi connectivity index (χ0) is 11.4. The lowest BCUT2D eigenvalue weighted by Crippen LogP contribution is -2.23. The van der Waals surface area contributed by atoms with Gasteiger partial charge in [0.2, 0.25) is 0 Å². The fraction of sp³-hybridized carbons (Fsp3) is 0.364. The summed E-state index contributed by atoms with van der Waals surface area (Å²) >= 11 is 0. The van der Waals surface area contributed by atoms with E-state index < -0.39 is 23.0 Å². The Bertz CT molecular complexity index is 345. The lowest BCUT2D eigenvalue weighted by Gasteiger charge is -2.08. The molecular weight excluding hydrogens is 200 g/mol. The van der Waals surface area contributed by atoms with Crippen LogP contribution in [0.1, 0.15) is 30.1 Å². The highest BCUT2D eigenvalue weighted by molar-refractivity contribution is 5.96.